The number of aromatic nitrogens is 2. The van der Waals surface area contributed by atoms with Crippen LogP contribution < -0.4 is 15.4 Å². The van der Waals surface area contributed by atoms with E-state index in [1.165, 1.54) is 11.3 Å². The first kappa shape index (κ1) is 15.9. The van der Waals surface area contributed by atoms with Gasteiger partial charge in [0, 0.05) is 11.9 Å². The van der Waals surface area contributed by atoms with Gasteiger partial charge in [0.1, 0.15) is 0 Å². The molecular formula is C17H16N4O2S. The number of rotatable bonds is 4. The van der Waals surface area contributed by atoms with Crippen LogP contribution in [-0.2, 0) is 0 Å². The summed E-state index contributed by atoms with van der Waals surface area (Å²) in [6, 6.07) is 11.2. The quantitative estimate of drug-likeness (QED) is 0.731. The van der Waals surface area contributed by atoms with Crippen molar-refractivity contribution in [1.82, 2.24) is 9.97 Å². The number of hydrogen-bond donors (Lipinski definition) is 2. The van der Waals surface area contributed by atoms with Gasteiger partial charge in [0.2, 0.25) is 0 Å². The molecule has 0 aliphatic heterocycles. The van der Waals surface area contributed by atoms with Gasteiger partial charge in [0.25, 0.3) is 5.88 Å². The monoisotopic (exact) mass is 340 g/mol. The zero-order valence-corrected chi connectivity index (χ0v) is 14.1. The maximum Gasteiger partial charge on any atom is 0.418 e. The fourth-order valence-corrected chi connectivity index (χ4v) is 2.85. The Bertz CT molecular complexity index is 849. The lowest BCUT2D eigenvalue weighted by Gasteiger charge is -2.08. The number of thiazole rings is 1. The van der Waals surface area contributed by atoms with Gasteiger partial charge < -0.3 is 10.1 Å². The van der Waals surface area contributed by atoms with Gasteiger partial charge in [-0.1, -0.05) is 23.5 Å². The molecule has 24 heavy (non-hydrogen) atoms. The Morgan fingerprint density at radius 2 is 2.00 bits per heavy atom. The second kappa shape index (κ2) is 7.10. The minimum Gasteiger partial charge on any atom is -0.388 e. The largest absolute Gasteiger partial charge is 0.418 e. The molecule has 0 atom stereocenters. The molecule has 0 unspecified atom stereocenters. The van der Waals surface area contributed by atoms with E-state index in [1.54, 1.807) is 18.5 Å². The van der Waals surface area contributed by atoms with Crippen molar-refractivity contribution in [3.63, 3.8) is 0 Å². The van der Waals surface area contributed by atoms with Gasteiger partial charge in [0.05, 0.1) is 16.9 Å². The number of pyridine rings is 1. The molecule has 1 aromatic carbocycles. The van der Waals surface area contributed by atoms with Crippen molar-refractivity contribution in [2.75, 3.05) is 10.6 Å². The number of nitrogens with zero attached hydrogens (tertiary/aromatic N) is 2. The van der Waals surface area contributed by atoms with E-state index < -0.39 is 6.09 Å². The van der Waals surface area contributed by atoms with Crippen molar-refractivity contribution in [3.8, 4) is 5.88 Å². The van der Waals surface area contributed by atoms with E-state index in [4.69, 9.17) is 4.74 Å². The van der Waals surface area contributed by atoms with Gasteiger partial charge in [-0.3, -0.25) is 10.3 Å². The molecule has 2 N–H and O–H groups in total. The number of anilines is 3. The van der Waals surface area contributed by atoms with Crippen molar-refractivity contribution in [2.24, 2.45) is 0 Å². The number of ether oxygens (including phenoxy) is 1. The number of carbonyl (C=O) groups is 1. The van der Waals surface area contributed by atoms with Crippen molar-refractivity contribution >= 4 is 33.8 Å². The summed E-state index contributed by atoms with van der Waals surface area (Å²) in [6.07, 6.45) is 2.79. The molecule has 3 rings (SSSR count). The molecule has 0 saturated carbocycles. The zero-order chi connectivity index (χ0) is 16.9. The van der Waals surface area contributed by atoms with Crippen LogP contribution in [0.1, 0.15) is 10.6 Å². The Kier molecular flexibility index (Phi) is 4.72. The van der Waals surface area contributed by atoms with Crippen molar-refractivity contribution in [3.05, 3.63) is 59.4 Å². The molecular weight excluding hydrogens is 324 g/mol. The molecule has 0 aliphatic rings. The summed E-state index contributed by atoms with van der Waals surface area (Å²) in [7, 11) is 0. The van der Waals surface area contributed by atoms with Crippen LogP contribution in [0.4, 0.5) is 21.2 Å². The summed E-state index contributed by atoms with van der Waals surface area (Å²) in [4.78, 5) is 20.4. The molecule has 1 amide bonds. The minimum absolute atomic E-state index is 0.242. The molecule has 7 heteroatoms. The molecule has 0 saturated heterocycles. The summed E-state index contributed by atoms with van der Waals surface area (Å²) >= 11 is 1.40. The van der Waals surface area contributed by atoms with Gasteiger partial charge in [-0.25, -0.2) is 9.78 Å². The summed E-state index contributed by atoms with van der Waals surface area (Å²) in [6.45, 7) is 3.81. The number of benzene rings is 1. The molecule has 0 fully saturated rings. The third kappa shape index (κ3) is 4.08. The van der Waals surface area contributed by atoms with E-state index in [-0.39, 0.29) is 5.88 Å². The van der Waals surface area contributed by atoms with Crippen LogP contribution in [0.25, 0.3) is 0 Å². The van der Waals surface area contributed by atoms with E-state index in [0.29, 0.717) is 10.7 Å². The summed E-state index contributed by atoms with van der Waals surface area (Å²) in [5.41, 5.74) is 2.52. The lowest BCUT2D eigenvalue weighted by Crippen LogP contribution is -2.17. The van der Waals surface area contributed by atoms with E-state index in [2.05, 4.69) is 20.6 Å². The normalized spacial score (nSPS) is 10.2. The second-order valence-electron chi connectivity index (χ2n) is 5.12. The third-order valence-corrected chi connectivity index (χ3v) is 3.94. The van der Waals surface area contributed by atoms with Gasteiger partial charge >= 0.3 is 6.09 Å². The molecule has 122 valence electrons. The first-order valence-electron chi connectivity index (χ1n) is 7.30. The van der Waals surface area contributed by atoms with Gasteiger partial charge in [-0.05, 0) is 43.7 Å². The SMILES string of the molecule is Cc1cccc(NC(=O)Oc2nc(C)sc2Nc2cccnc2)c1. The molecule has 2 heterocycles. The van der Waals surface area contributed by atoms with Crippen molar-refractivity contribution in [1.29, 1.82) is 0 Å². The molecule has 6 nitrogen and oxygen atoms in total. The van der Waals surface area contributed by atoms with E-state index in [9.17, 15) is 4.79 Å². The van der Waals surface area contributed by atoms with Crippen LogP contribution in [0, 0.1) is 13.8 Å². The summed E-state index contributed by atoms with van der Waals surface area (Å²) < 4.78 is 5.35. The zero-order valence-electron chi connectivity index (χ0n) is 13.2. The Labute approximate surface area is 143 Å². The highest BCUT2D eigenvalue weighted by Gasteiger charge is 2.15. The highest BCUT2D eigenvalue weighted by molar-refractivity contribution is 7.16. The van der Waals surface area contributed by atoms with Gasteiger partial charge in [-0.2, -0.15) is 0 Å². The highest BCUT2D eigenvalue weighted by atomic mass is 32.1. The van der Waals surface area contributed by atoms with E-state index >= 15 is 0 Å². The van der Waals surface area contributed by atoms with Crippen LogP contribution in [0.2, 0.25) is 0 Å². The number of carbonyl (C=O) groups excluding carboxylic acids is 1. The molecule has 0 radical (unpaired) electrons. The summed E-state index contributed by atoms with van der Waals surface area (Å²) in [5.74, 6) is 0.242. The molecule has 3 aromatic rings. The fourth-order valence-electron chi connectivity index (χ4n) is 2.08. The van der Waals surface area contributed by atoms with Gasteiger partial charge in [0.15, 0.2) is 5.00 Å². The molecule has 0 aliphatic carbocycles. The van der Waals surface area contributed by atoms with Crippen LogP contribution in [0.3, 0.4) is 0 Å². The lowest BCUT2D eigenvalue weighted by molar-refractivity contribution is 0.214. The molecule has 0 spiro atoms. The first-order valence-corrected chi connectivity index (χ1v) is 8.12. The smallest absolute Gasteiger partial charge is 0.388 e. The Balaban J connectivity index is 1.71. The summed E-state index contributed by atoms with van der Waals surface area (Å²) in [5, 5.41) is 7.30. The average Bonchev–Trinajstić information content (AvgIpc) is 2.87. The van der Waals surface area contributed by atoms with Crippen LogP contribution in [-0.4, -0.2) is 16.1 Å². The number of nitrogens with one attached hydrogen (secondary N) is 2. The van der Waals surface area contributed by atoms with Crippen LogP contribution in [0.15, 0.2) is 48.8 Å². The maximum absolute atomic E-state index is 12.1. The number of hydrogen-bond acceptors (Lipinski definition) is 6. The van der Waals surface area contributed by atoms with Crippen molar-refractivity contribution in [2.45, 2.75) is 13.8 Å². The van der Waals surface area contributed by atoms with Crippen molar-refractivity contribution < 1.29 is 9.53 Å². The maximum atomic E-state index is 12.1. The standard InChI is InChI=1S/C17H16N4O2S/c1-11-5-3-6-13(9-11)21-17(22)23-15-16(24-12(2)19-15)20-14-7-4-8-18-10-14/h3-10,20H,1-2H3,(H,21,22). The lowest BCUT2D eigenvalue weighted by atomic mass is 10.2. The molecule has 2 aromatic heterocycles. The van der Waals surface area contributed by atoms with Gasteiger partial charge in [-0.15, -0.1) is 0 Å². The minimum atomic E-state index is -0.583. The third-order valence-electron chi connectivity index (χ3n) is 3.08. The Morgan fingerprint density at radius 3 is 2.75 bits per heavy atom. The topological polar surface area (TPSA) is 76.1 Å². The van der Waals surface area contributed by atoms with E-state index in [1.807, 2.05) is 44.2 Å². The average molecular weight is 340 g/mol. The second-order valence-corrected chi connectivity index (χ2v) is 6.32. The number of amides is 1. The molecule has 0 bridgehead atoms. The first-order chi connectivity index (χ1) is 11.6. The predicted octanol–water partition coefficient (Wildman–Crippen LogP) is 4.51. The van der Waals surface area contributed by atoms with E-state index in [0.717, 1.165) is 16.3 Å². The van der Waals surface area contributed by atoms with Crippen LogP contribution in [0.5, 0.6) is 5.88 Å². The Hall–Kier alpha value is -2.93. The Morgan fingerprint density at radius 1 is 1.17 bits per heavy atom. The highest BCUT2D eigenvalue weighted by Crippen LogP contribution is 2.33. The predicted molar refractivity (Wildman–Crippen MR) is 95.2 cm³/mol. The number of aryl methyl sites for hydroxylation is 2. The fraction of sp³-hybridized carbons (Fsp3) is 0.118. The van der Waals surface area contributed by atoms with Crippen LogP contribution >= 0.6 is 11.3 Å².